The highest BCUT2D eigenvalue weighted by atomic mass is 28.4. The molecule has 0 aromatic carbocycles. The second-order valence-corrected chi connectivity index (χ2v) is 14.4. The van der Waals surface area contributed by atoms with Crippen LogP contribution < -0.4 is 5.73 Å². The van der Waals surface area contributed by atoms with E-state index < -0.39 is 16.6 Å². The van der Waals surface area contributed by atoms with Crippen LogP contribution in [-0.2, 0) is 4.12 Å². The molecule has 0 heterocycles. The number of nitrogens with zero attached hydrogens (tertiary/aromatic N) is 1. The molecule has 0 aromatic rings. The van der Waals surface area contributed by atoms with Crippen molar-refractivity contribution in [2.75, 3.05) is 6.54 Å². The van der Waals surface area contributed by atoms with E-state index in [1.54, 1.807) is 0 Å². The summed E-state index contributed by atoms with van der Waals surface area (Å²) in [5.41, 5.74) is 5.54. The molecule has 0 aliphatic carbocycles. The Morgan fingerprint density at radius 1 is 1.06 bits per heavy atom. The minimum absolute atomic E-state index is 0.657. The molecule has 0 atom stereocenters. The minimum Gasteiger partial charge on any atom is -0.455 e. The molecule has 0 aliphatic heterocycles. The quantitative estimate of drug-likeness (QED) is 0.538. The highest BCUT2D eigenvalue weighted by Gasteiger charge is 2.31. The number of hydrogen-bond donors (Lipinski definition) is 1. The first-order valence-corrected chi connectivity index (χ1v) is 12.3. The molecule has 2 N–H and O–H groups in total. The third-order valence-electron chi connectivity index (χ3n) is 2.60. The lowest BCUT2D eigenvalue weighted by Gasteiger charge is -2.34. The summed E-state index contributed by atoms with van der Waals surface area (Å²) in [5.74, 6) is 0. The molecule has 0 radical (unpaired) electrons. The van der Waals surface area contributed by atoms with E-state index >= 15 is 0 Å². The Morgan fingerprint density at radius 2 is 1.56 bits per heavy atom. The van der Waals surface area contributed by atoms with E-state index in [2.05, 4.69) is 32.3 Å². The van der Waals surface area contributed by atoms with Gasteiger partial charge in [-0.15, -0.1) is 0 Å². The fourth-order valence-corrected chi connectivity index (χ4v) is 10.9. The van der Waals surface area contributed by atoms with Gasteiger partial charge in [0.25, 0.3) is 0 Å². The van der Waals surface area contributed by atoms with Crippen molar-refractivity contribution in [2.24, 2.45) is 5.73 Å². The van der Waals surface area contributed by atoms with Gasteiger partial charge in [0, 0.05) is 6.42 Å². The lowest BCUT2D eigenvalue weighted by atomic mass is 10.4. The number of unbranched alkanes of at least 4 members (excludes halogenated alkanes) is 1. The molecular weight excluding hydrogens is 232 g/mol. The van der Waals surface area contributed by atoms with Gasteiger partial charge in [-0.2, -0.15) is 5.26 Å². The van der Waals surface area contributed by atoms with E-state index in [0.717, 1.165) is 31.5 Å². The molecule has 5 heteroatoms. The van der Waals surface area contributed by atoms with E-state index in [1.165, 1.54) is 0 Å². The maximum Gasteiger partial charge on any atom is 0.173 e. The van der Waals surface area contributed by atoms with Crippen LogP contribution in [0.2, 0.25) is 38.3 Å². The van der Waals surface area contributed by atoms with Gasteiger partial charge in [-0.25, -0.2) is 0 Å². The van der Waals surface area contributed by atoms with Crippen LogP contribution >= 0.6 is 0 Å². The van der Waals surface area contributed by atoms with E-state index in [9.17, 15) is 0 Å². The molecule has 0 amide bonds. The monoisotopic (exact) mass is 258 g/mol. The Bertz CT molecular complexity index is 237. The number of rotatable bonds is 8. The largest absolute Gasteiger partial charge is 0.455 e. The Hall–Kier alpha value is -0.156. The van der Waals surface area contributed by atoms with E-state index in [-0.39, 0.29) is 0 Å². The minimum atomic E-state index is -1.56. The van der Waals surface area contributed by atoms with E-state index in [0.29, 0.717) is 6.42 Å². The third-order valence-corrected chi connectivity index (χ3v) is 10.1. The van der Waals surface area contributed by atoms with Crippen LogP contribution in [0.1, 0.15) is 19.3 Å². The van der Waals surface area contributed by atoms with Crippen molar-refractivity contribution in [1.82, 2.24) is 0 Å². The normalized spacial score (nSPS) is 12.5. The van der Waals surface area contributed by atoms with E-state index in [4.69, 9.17) is 15.1 Å². The van der Waals surface area contributed by atoms with Crippen molar-refractivity contribution in [3.8, 4) is 6.07 Å². The predicted molar refractivity (Wildman–Crippen MR) is 74.2 cm³/mol. The van der Waals surface area contributed by atoms with Crippen LogP contribution in [0, 0.1) is 11.3 Å². The molecular formula is C11H26N2OSi2. The molecule has 94 valence electrons. The average molecular weight is 259 g/mol. The number of hydrogen-bond acceptors (Lipinski definition) is 3. The van der Waals surface area contributed by atoms with Gasteiger partial charge in [0.05, 0.1) is 6.07 Å². The van der Waals surface area contributed by atoms with Gasteiger partial charge in [0.15, 0.2) is 16.6 Å². The van der Waals surface area contributed by atoms with Crippen molar-refractivity contribution < 1.29 is 4.12 Å². The van der Waals surface area contributed by atoms with Gasteiger partial charge in [0.1, 0.15) is 0 Å². The number of nitriles is 1. The SMILES string of the molecule is C[Si](C)(CCCN)O[Si](C)(C)CCCC#N. The first kappa shape index (κ1) is 15.8. The summed E-state index contributed by atoms with van der Waals surface area (Å²) in [6.45, 7) is 9.85. The summed E-state index contributed by atoms with van der Waals surface area (Å²) < 4.78 is 6.39. The molecule has 0 rings (SSSR count). The van der Waals surface area contributed by atoms with Crippen LogP contribution in [-0.4, -0.2) is 23.2 Å². The number of nitrogens with two attached hydrogens (primary N) is 1. The molecule has 3 nitrogen and oxygen atoms in total. The summed E-state index contributed by atoms with van der Waals surface area (Å²) >= 11 is 0. The zero-order valence-electron chi connectivity index (χ0n) is 11.2. The molecule has 0 unspecified atom stereocenters. The van der Waals surface area contributed by atoms with Gasteiger partial charge in [-0.3, -0.25) is 0 Å². The summed E-state index contributed by atoms with van der Waals surface area (Å²) in [5, 5.41) is 8.53. The molecule has 0 spiro atoms. The molecule has 0 saturated carbocycles. The van der Waals surface area contributed by atoms with Gasteiger partial charge in [0.2, 0.25) is 0 Å². The second kappa shape index (κ2) is 7.22. The summed E-state index contributed by atoms with van der Waals surface area (Å²) in [6.07, 6.45) is 2.71. The average Bonchev–Trinajstić information content (AvgIpc) is 2.13. The van der Waals surface area contributed by atoms with Crippen molar-refractivity contribution in [3.63, 3.8) is 0 Å². The zero-order chi connectivity index (χ0) is 12.7. The molecule has 0 bridgehead atoms. The van der Waals surface area contributed by atoms with Gasteiger partial charge >= 0.3 is 0 Å². The maximum atomic E-state index is 8.53. The van der Waals surface area contributed by atoms with Crippen molar-refractivity contribution in [3.05, 3.63) is 0 Å². The lowest BCUT2D eigenvalue weighted by molar-refractivity contribution is 0.531. The highest BCUT2D eigenvalue weighted by molar-refractivity contribution is 6.84. The molecule has 16 heavy (non-hydrogen) atoms. The van der Waals surface area contributed by atoms with E-state index in [1.807, 2.05) is 0 Å². The Balaban J connectivity index is 4.06. The third kappa shape index (κ3) is 8.05. The molecule has 0 aromatic heterocycles. The summed E-state index contributed by atoms with van der Waals surface area (Å²) in [7, 11) is -3.08. The maximum absolute atomic E-state index is 8.53. The van der Waals surface area contributed by atoms with Crippen LogP contribution in [0.5, 0.6) is 0 Å². The first-order valence-electron chi connectivity index (χ1n) is 6.10. The summed E-state index contributed by atoms with van der Waals surface area (Å²) in [4.78, 5) is 0. The van der Waals surface area contributed by atoms with Crippen LogP contribution in [0.4, 0.5) is 0 Å². The first-order chi connectivity index (χ1) is 7.33. The van der Waals surface area contributed by atoms with Gasteiger partial charge in [-0.1, -0.05) is 0 Å². The summed E-state index contributed by atoms with van der Waals surface area (Å²) in [6, 6.07) is 4.45. The molecule has 0 saturated heterocycles. The van der Waals surface area contributed by atoms with Crippen molar-refractivity contribution >= 4 is 16.6 Å². The Kier molecular flexibility index (Phi) is 7.15. The highest BCUT2D eigenvalue weighted by Crippen LogP contribution is 2.23. The van der Waals surface area contributed by atoms with Crippen LogP contribution in [0.3, 0.4) is 0 Å². The zero-order valence-corrected chi connectivity index (χ0v) is 13.2. The second-order valence-electron chi connectivity index (χ2n) is 5.53. The fraction of sp³-hybridized carbons (Fsp3) is 0.909. The predicted octanol–water partition coefficient (Wildman–Crippen LogP) is 3.07. The van der Waals surface area contributed by atoms with Gasteiger partial charge in [-0.05, 0) is 57.7 Å². The van der Waals surface area contributed by atoms with Crippen LogP contribution in [0.25, 0.3) is 0 Å². The Morgan fingerprint density at radius 3 is 2.00 bits per heavy atom. The fourth-order valence-electron chi connectivity index (χ4n) is 1.97. The molecule has 0 fully saturated rings. The standard InChI is InChI=1S/C11H26N2OSi2/c1-15(2,10-6-5-8-12)14-16(3,4)11-7-9-13/h5-7,9-11,13H2,1-4H3. The van der Waals surface area contributed by atoms with Crippen LogP contribution in [0.15, 0.2) is 0 Å². The van der Waals surface area contributed by atoms with Gasteiger partial charge < -0.3 is 9.85 Å². The topological polar surface area (TPSA) is 59.0 Å². The molecule has 0 aliphatic rings. The Labute approximate surface area is 102 Å². The smallest absolute Gasteiger partial charge is 0.173 e. The lowest BCUT2D eigenvalue weighted by Crippen LogP contribution is -2.44. The van der Waals surface area contributed by atoms with Crippen molar-refractivity contribution in [1.29, 1.82) is 5.26 Å². The van der Waals surface area contributed by atoms with Crippen molar-refractivity contribution in [2.45, 2.75) is 57.5 Å².